The third kappa shape index (κ3) is 5.45. The Morgan fingerprint density at radius 1 is 1.10 bits per heavy atom. The Hall–Kier alpha value is -0.280. The first-order chi connectivity index (χ1) is 9.58. The molecule has 0 aromatic carbocycles. The summed E-state index contributed by atoms with van der Waals surface area (Å²) in [7, 11) is 0. The van der Waals surface area contributed by atoms with Crippen molar-refractivity contribution < 1.29 is 4.79 Å². The Morgan fingerprint density at radius 2 is 1.67 bits per heavy atom. The van der Waals surface area contributed by atoms with Crippen LogP contribution in [0.25, 0.3) is 0 Å². The van der Waals surface area contributed by atoms with Gasteiger partial charge in [0.1, 0.15) is 0 Å². The fourth-order valence-corrected chi connectivity index (χ4v) is 3.98. The number of nitrogens with zero attached hydrogens (tertiary/aromatic N) is 1. The number of carbonyl (C=O) groups is 1. The van der Waals surface area contributed by atoms with Gasteiger partial charge in [0.2, 0.25) is 5.91 Å². The Bertz CT molecular complexity index is 308. The highest BCUT2D eigenvalue weighted by molar-refractivity contribution is 5.85. The van der Waals surface area contributed by atoms with E-state index in [1.807, 2.05) is 0 Å². The lowest BCUT2D eigenvalue weighted by Crippen LogP contribution is -2.44. The molecule has 2 aliphatic rings. The van der Waals surface area contributed by atoms with Gasteiger partial charge in [-0.15, -0.1) is 12.4 Å². The molecule has 2 fully saturated rings. The lowest BCUT2D eigenvalue weighted by Gasteiger charge is -2.35. The Labute approximate surface area is 136 Å². The van der Waals surface area contributed by atoms with Gasteiger partial charge in [-0.25, -0.2) is 0 Å². The van der Waals surface area contributed by atoms with E-state index in [1.165, 1.54) is 32.1 Å². The predicted molar refractivity (Wildman–Crippen MR) is 90.6 cm³/mol. The van der Waals surface area contributed by atoms with E-state index in [1.54, 1.807) is 0 Å². The van der Waals surface area contributed by atoms with Crippen LogP contribution in [0.5, 0.6) is 0 Å². The molecular weight excluding hydrogens is 284 g/mol. The molecule has 3 nitrogen and oxygen atoms in total. The zero-order valence-corrected chi connectivity index (χ0v) is 14.5. The number of amides is 1. The summed E-state index contributed by atoms with van der Waals surface area (Å²) >= 11 is 0. The first-order valence-electron chi connectivity index (χ1n) is 8.62. The summed E-state index contributed by atoms with van der Waals surface area (Å²) < 4.78 is 0. The maximum absolute atomic E-state index is 12.5. The molecule has 0 aromatic rings. The molecule has 0 aromatic heterocycles. The van der Waals surface area contributed by atoms with Crippen LogP contribution in [0.15, 0.2) is 0 Å². The molecule has 1 heterocycles. The maximum Gasteiger partial charge on any atom is 0.225 e. The molecule has 2 rings (SSSR count). The molecule has 4 heteroatoms. The smallest absolute Gasteiger partial charge is 0.225 e. The van der Waals surface area contributed by atoms with Crippen molar-refractivity contribution in [1.82, 2.24) is 4.90 Å². The van der Waals surface area contributed by atoms with E-state index in [9.17, 15) is 4.79 Å². The molecule has 2 atom stereocenters. The van der Waals surface area contributed by atoms with Crippen molar-refractivity contribution in [3.63, 3.8) is 0 Å². The lowest BCUT2D eigenvalue weighted by atomic mass is 9.82. The molecule has 2 unspecified atom stereocenters. The van der Waals surface area contributed by atoms with Gasteiger partial charge in [-0.3, -0.25) is 4.79 Å². The third-order valence-corrected chi connectivity index (χ3v) is 5.43. The molecule has 124 valence electrons. The summed E-state index contributed by atoms with van der Waals surface area (Å²) in [6, 6.07) is 0.270. The molecule has 1 amide bonds. The second-order valence-electron chi connectivity index (χ2n) is 7.16. The summed E-state index contributed by atoms with van der Waals surface area (Å²) in [4.78, 5) is 14.6. The molecule has 1 aliphatic carbocycles. The van der Waals surface area contributed by atoms with Crippen LogP contribution >= 0.6 is 12.4 Å². The highest BCUT2D eigenvalue weighted by Crippen LogP contribution is 2.30. The van der Waals surface area contributed by atoms with Crippen LogP contribution < -0.4 is 5.73 Å². The summed E-state index contributed by atoms with van der Waals surface area (Å²) in [6.45, 7) is 6.06. The van der Waals surface area contributed by atoms with Crippen molar-refractivity contribution >= 4 is 18.3 Å². The van der Waals surface area contributed by atoms with E-state index in [-0.39, 0.29) is 24.4 Å². The minimum Gasteiger partial charge on any atom is -0.342 e. The van der Waals surface area contributed by atoms with Crippen LogP contribution in [0.2, 0.25) is 0 Å². The van der Waals surface area contributed by atoms with Crippen LogP contribution in [0.1, 0.15) is 65.2 Å². The van der Waals surface area contributed by atoms with E-state index >= 15 is 0 Å². The number of carbonyl (C=O) groups excluding carboxylic acids is 1. The van der Waals surface area contributed by atoms with Gasteiger partial charge in [0.05, 0.1) is 0 Å². The van der Waals surface area contributed by atoms with Crippen molar-refractivity contribution in [2.45, 2.75) is 71.3 Å². The summed E-state index contributed by atoms with van der Waals surface area (Å²) in [5.74, 6) is 2.00. The minimum atomic E-state index is 0. The van der Waals surface area contributed by atoms with Gasteiger partial charge in [-0.1, -0.05) is 39.0 Å². The van der Waals surface area contributed by atoms with Gasteiger partial charge in [0.25, 0.3) is 0 Å². The fraction of sp³-hybridized carbons (Fsp3) is 0.941. The summed E-state index contributed by atoms with van der Waals surface area (Å²) in [5, 5.41) is 0. The molecule has 21 heavy (non-hydrogen) atoms. The van der Waals surface area contributed by atoms with Crippen molar-refractivity contribution in [2.75, 3.05) is 13.1 Å². The maximum atomic E-state index is 12.5. The van der Waals surface area contributed by atoms with Crippen LogP contribution in [0, 0.1) is 17.8 Å². The SMILES string of the molecule is CC(CC1CCCCC1)C(=O)N1CCC(C(C)N)CC1.Cl. The van der Waals surface area contributed by atoms with Crippen LogP contribution in [0.3, 0.4) is 0 Å². The number of rotatable bonds is 4. The number of nitrogens with two attached hydrogens (primary N) is 1. The molecule has 1 saturated carbocycles. The Morgan fingerprint density at radius 3 is 2.19 bits per heavy atom. The number of hydrogen-bond acceptors (Lipinski definition) is 2. The zero-order valence-electron chi connectivity index (χ0n) is 13.7. The fourth-order valence-electron chi connectivity index (χ4n) is 3.98. The minimum absolute atomic E-state index is 0. The molecule has 1 aliphatic heterocycles. The van der Waals surface area contributed by atoms with E-state index in [2.05, 4.69) is 18.7 Å². The molecule has 1 saturated heterocycles. The van der Waals surface area contributed by atoms with Gasteiger partial charge >= 0.3 is 0 Å². The zero-order chi connectivity index (χ0) is 14.5. The summed E-state index contributed by atoms with van der Waals surface area (Å²) in [5.41, 5.74) is 5.97. The van der Waals surface area contributed by atoms with Crippen LogP contribution in [-0.2, 0) is 4.79 Å². The van der Waals surface area contributed by atoms with Crippen molar-refractivity contribution in [3.05, 3.63) is 0 Å². The first kappa shape index (κ1) is 18.8. The molecule has 0 spiro atoms. The van der Waals surface area contributed by atoms with Gasteiger partial charge in [0.15, 0.2) is 0 Å². The second-order valence-corrected chi connectivity index (χ2v) is 7.16. The van der Waals surface area contributed by atoms with Gasteiger partial charge in [-0.2, -0.15) is 0 Å². The van der Waals surface area contributed by atoms with Gasteiger partial charge < -0.3 is 10.6 Å². The average molecular weight is 317 g/mol. The number of hydrogen-bond donors (Lipinski definition) is 1. The largest absolute Gasteiger partial charge is 0.342 e. The molecule has 2 N–H and O–H groups in total. The number of likely N-dealkylation sites (tertiary alicyclic amines) is 1. The normalized spacial score (nSPS) is 24.2. The highest BCUT2D eigenvalue weighted by Gasteiger charge is 2.28. The topological polar surface area (TPSA) is 46.3 Å². The Balaban J connectivity index is 0.00000220. The highest BCUT2D eigenvalue weighted by atomic mass is 35.5. The monoisotopic (exact) mass is 316 g/mol. The first-order valence-corrected chi connectivity index (χ1v) is 8.62. The summed E-state index contributed by atoms with van der Waals surface area (Å²) in [6.07, 6.45) is 10.1. The van der Waals surface area contributed by atoms with Gasteiger partial charge in [-0.05, 0) is 38.0 Å². The Kier molecular flexibility index (Phi) is 8.04. The second kappa shape index (κ2) is 8.99. The van der Waals surface area contributed by atoms with Crippen molar-refractivity contribution in [1.29, 1.82) is 0 Å². The average Bonchev–Trinajstić information content (AvgIpc) is 2.47. The van der Waals surface area contributed by atoms with E-state index in [0.29, 0.717) is 11.8 Å². The quantitative estimate of drug-likeness (QED) is 0.861. The third-order valence-electron chi connectivity index (χ3n) is 5.43. The molecule has 0 radical (unpaired) electrons. The standard InChI is InChI=1S/C17H32N2O.ClH/c1-13(12-15-6-4-3-5-7-15)17(20)19-10-8-16(9-11-19)14(2)18;/h13-16H,3-12,18H2,1-2H3;1H. The molecule has 0 bridgehead atoms. The number of piperidine rings is 1. The van der Waals surface area contributed by atoms with Crippen molar-refractivity contribution in [3.8, 4) is 0 Å². The van der Waals surface area contributed by atoms with Crippen molar-refractivity contribution in [2.24, 2.45) is 23.5 Å². The van der Waals surface area contributed by atoms with E-state index < -0.39 is 0 Å². The van der Waals surface area contributed by atoms with Crippen LogP contribution in [0.4, 0.5) is 0 Å². The lowest BCUT2D eigenvalue weighted by molar-refractivity contribution is -0.137. The van der Waals surface area contributed by atoms with E-state index in [4.69, 9.17) is 5.73 Å². The number of halogens is 1. The van der Waals surface area contributed by atoms with Gasteiger partial charge in [0, 0.05) is 25.0 Å². The molecular formula is C17H33ClN2O. The predicted octanol–water partition coefficient (Wildman–Crippen LogP) is 3.60. The van der Waals surface area contributed by atoms with E-state index in [0.717, 1.165) is 38.3 Å². The van der Waals surface area contributed by atoms with Crippen LogP contribution in [-0.4, -0.2) is 29.9 Å².